The molecule has 2 aromatic rings. The van der Waals surface area contributed by atoms with Crippen molar-refractivity contribution in [2.45, 2.75) is 39.0 Å². The molecule has 6 heteroatoms. The lowest BCUT2D eigenvalue weighted by Gasteiger charge is -2.28. The highest BCUT2D eigenvalue weighted by Crippen LogP contribution is 2.30. The van der Waals surface area contributed by atoms with E-state index in [0.717, 1.165) is 17.7 Å². The molecular weight excluding hydrogens is 360 g/mol. The monoisotopic (exact) mass is 386 g/mol. The lowest BCUT2D eigenvalue weighted by Crippen LogP contribution is -2.37. The zero-order valence-electron chi connectivity index (χ0n) is 16.0. The van der Waals surface area contributed by atoms with Crippen molar-refractivity contribution in [3.05, 3.63) is 59.7 Å². The highest BCUT2D eigenvalue weighted by Gasteiger charge is 2.26. The zero-order valence-corrected chi connectivity index (χ0v) is 16.8. The van der Waals surface area contributed by atoms with Gasteiger partial charge in [0, 0.05) is 17.8 Å². The summed E-state index contributed by atoms with van der Waals surface area (Å²) in [4.78, 5) is 12.7. The summed E-state index contributed by atoms with van der Waals surface area (Å²) in [5.74, 6) is -0.0292. The van der Waals surface area contributed by atoms with Gasteiger partial charge in [-0.1, -0.05) is 39.0 Å². The number of carbonyl (C=O) groups excluding carboxylic acids is 1. The number of amides is 1. The van der Waals surface area contributed by atoms with E-state index in [1.165, 1.54) is 4.31 Å². The third kappa shape index (κ3) is 4.33. The molecule has 27 heavy (non-hydrogen) atoms. The molecule has 0 bridgehead atoms. The molecule has 0 radical (unpaired) electrons. The van der Waals surface area contributed by atoms with Crippen LogP contribution in [0.15, 0.2) is 48.5 Å². The molecule has 1 saturated heterocycles. The van der Waals surface area contributed by atoms with E-state index in [1.807, 2.05) is 24.3 Å². The molecule has 1 heterocycles. The van der Waals surface area contributed by atoms with Gasteiger partial charge in [-0.3, -0.25) is 9.10 Å². The van der Waals surface area contributed by atoms with Crippen molar-refractivity contribution in [3.8, 4) is 0 Å². The number of hydrogen-bond acceptors (Lipinski definition) is 3. The van der Waals surface area contributed by atoms with Gasteiger partial charge in [0.15, 0.2) is 0 Å². The van der Waals surface area contributed by atoms with Crippen molar-refractivity contribution < 1.29 is 13.2 Å². The van der Waals surface area contributed by atoms with Crippen LogP contribution in [-0.2, 0) is 15.4 Å². The van der Waals surface area contributed by atoms with Crippen LogP contribution in [0, 0.1) is 0 Å². The van der Waals surface area contributed by atoms with E-state index < -0.39 is 10.0 Å². The Kier molecular flexibility index (Phi) is 5.29. The summed E-state index contributed by atoms with van der Waals surface area (Å²) in [6.07, 6.45) is 1.55. The third-order valence-corrected chi connectivity index (χ3v) is 6.62. The molecule has 5 nitrogen and oxygen atoms in total. The van der Waals surface area contributed by atoms with Crippen molar-refractivity contribution >= 4 is 27.3 Å². The van der Waals surface area contributed by atoms with Gasteiger partial charge in [-0.15, -0.1) is 0 Å². The Labute approximate surface area is 161 Å². The molecule has 0 saturated carbocycles. The topological polar surface area (TPSA) is 66.5 Å². The highest BCUT2D eigenvalue weighted by molar-refractivity contribution is 7.92. The summed E-state index contributed by atoms with van der Waals surface area (Å²) >= 11 is 0. The Morgan fingerprint density at radius 3 is 2.30 bits per heavy atom. The average molecular weight is 387 g/mol. The van der Waals surface area contributed by atoms with Crippen molar-refractivity contribution in [1.29, 1.82) is 0 Å². The fourth-order valence-electron chi connectivity index (χ4n) is 3.30. The molecule has 1 N–H and O–H groups in total. The quantitative estimate of drug-likeness (QED) is 0.861. The largest absolute Gasteiger partial charge is 0.322 e. The Morgan fingerprint density at radius 1 is 1.00 bits per heavy atom. The normalized spacial score (nSPS) is 16.8. The number of nitrogens with one attached hydrogen (secondary N) is 1. The van der Waals surface area contributed by atoms with Crippen molar-refractivity contribution in [2.24, 2.45) is 0 Å². The van der Waals surface area contributed by atoms with Crippen LogP contribution in [0.5, 0.6) is 0 Å². The predicted octanol–water partition coefficient (Wildman–Crippen LogP) is 4.17. The molecule has 0 spiro atoms. The van der Waals surface area contributed by atoms with E-state index in [4.69, 9.17) is 0 Å². The van der Waals surface area contributed by atoms with Crippen molar-refractivity contribution in [2.75, 3.05) is 21.9 Å². The standard InChI is InChI=1S/C21H26N2O3S/c1-21(2,3)18-8-4-5-9-19(18)22-20(24)16-10-12-17(13-11-16)23-14-6-7-15-27(23,25)26/h4-5,8-13H,6-7,14-15H2,1-3H3,(H,22,24). The molecule has 1 amide bonds. The van der Waals surface area contributed by atoms with Crippen LogP contribution in [-0.4, -0.2) is 26.6 Å². The van der Waals surface area contributed by atoms with Gasteiger partial charge < -0.3 is 5.32 Å². The van der Waals surface area contributed by atoms with Crippen molar-refractivity contribution in [1.82, 2.24) is 0 Å². The van der Waals surface area contributed by atoms with Gasteiger partial charge >= 0.3 is 0 Å². The molecule has 0 atom stereocenters. The molecule has 144 valence electrons. The van der Waals surface area contributed by atoms with Gasteiger partial charge in [0.25, 0.3) is 5.91 Å². The van der Waals surface area contributed by atoms with Gasteiger partial charge in [0.2, 0.25) is 10.0 Å². The van der Waals surface area contributed by atoms with Gasteiger partial charge in [-0.25, -0.2) is 8.42 Å². The Morgan fingerprint density at radius 2 is 1.67 bits per heavy atom. The van der Waals surface area contributed by atoms with E-state index in [9.17, 15) is 13.2 Å². The Balaban J connectivity index is 1.79. The fraction of sp³-hybridized carbons (Fsp3) is 0.381. The lowest BCUT2D eigenvalue weighted by atomic mass is 9.86. The van der Waals surface area contributed by atoms with Gasteiger partial charge in [-0.2, -0.15) is 0 Å². The van der Waals surface area contributed by atoms with Crippen LogP contribution < -0.4 is 9.62 Å². The minimum absolute atomic E-state index is 0.0870. The number of sulfonamides is 1. The number of nitrogens with zero attached hydrogens (tertiary/aromatic N) is 1. The fourth-order valence-corrected chi connectivity index (χ4v) is 4.94. The Hall–Kier alpha value is -2.34. The maximum atomic E-state index is 12.7. The minimum Gasteiger partial charge on any atom is -0.322 e. The summed E-state index contributed by atoms with van der Waals surface area (Å²) in [7, 11) is -3.25. The second-order valence-corrected chi connectivity index (χ2v) is 9.90. The van der Waals surface area contributed by atoms with E-state index in [2.05, 4.69) is 26.1 Å². The first-order valence-corrected chi connectivity index (χ1v) is 10.8. The first kappa shape index (κ1) is 19.4. The van der Waals surface area contributed by atoms with Crippen LogP contribution in [0.3, 0.4) is 0 Å². The van der Waals surface area contributed by atoms with Gasteiger partial charge in [0.05, 0.1) is 11.4 Å². The van der Waals surface area contributed by atoms with Gasteiger partial charge in [-0.05, 0) is 54.2 Å². The maximum Gasteiger partial charge on any atom is 0.255 e. The average Bonchev–Trinajstić information content (AvgIpc) is 2.61. The molecular formula is C21H26N2O3S. The van der Waals surface area contributed by atoms with Crippen LogP contribution >= 0.6 is 0 Å². The number of benzene rings is 2. The number of rotatable bonds is 3. The summed E-state index contributed by atoms with van der Waals surface area (Å²) in [6, 6.07) is 14.5. The van der Waals surface area contributed by atoms with E-state index >= 15 is 0 Å². The second kappa shape index (κ2) is 7.35. The van der Waals surface area contributed by atoms with E-state index in [-0.39, 0.29) is 17.1 Å². The summed E-state index contributed by atoms with van der Waals surface area (Å²) in [6.45, 7) is 6.80. The summed E-state index contributed by atoms with van der Waals surface area (Å²) < 4.78 is 25.9. The molecule has 1 aliphatic heterocycles. The molecule has 1 fully saturated rings. The number of para-hydroxylation sites is 1. The molecule has 3 rings (SSSR count). The zero-order chi connectivity index (χ0) is 19.7. The second-order valence-electron chi connectivity index (χ2n) is 7.89. The number of hydrogen-bond donors (Lipinski definition) is 1. The van der Waals surface area contributed by atoms with Crippen LogP contribution in [0.4, 0.5) is 11.4 Å². The number of anilines is 2. The van der Waals surface area contributed by atoms with Gasteiger partial charge in [0.1, 0.15) is 0 Å². The Bertz CT molecular complexity index is 929. The molecule has 1 aliphatic rings. The summed E-state index contributed by atoms with van der Waals surface area (Å²) in [5, 5.41) is 2.98. The smallest absolute Gasteiger partial charge is 0.255 e. The molecule has 0 aliphatic carbocycles. The summed E-state index contributed by atoms with van der Waals surface area (Å²) in [5.41, 5.74) is 2.88. The molecule has 0 aromatic heterocycles. The van der Waals surface area contributed by atoms with E-state index in [0.29, 0.717) is 24.2 Å². The first-order chi connectivity index (χ1) is 12.7. The first-order valence-electron chi connectivity index (χ1n) is 9.20. The molecule has 0 unspecified atom stereocenters. The highest BCUT2D eigenvalue weighted by atomic mass is 32.2. The molecule has 2 aromatic carbocycles. The van der Waals surface area contributed by atoms with Crippen molar-refractivity contribution in [3.63, 3.8) is 0 Å². The van der Waals surface area contributed by atoms with Crippen LogP contribution in [0.1, 0.15) is 49.5 Å². The third-order valence-electron chi connectivity index (χ3n) is 4.75. The number of carbonyl (C=O) groups is 1. The van der Waals surface area contributed by atoms with E-state index in [1.54, 1.807) is 24.3 Å². The van der Waals surface area contributed by atoms with Crippen LogP contribution in [0.25, 0.3) is 0 Å². The minimum atomic E-state index is -3.25. The van der Waals surface area contributed by atoms with Crippen LogP contribution in [0.2, 0.25) is 0 Å². The lowest BCUT2D eigenvalue weighted by molar-refractivity contribution is 0.102. The SMILES string of the molecule is CC(C)(C)c1ccccc1NC(=O)c1ccc(N2CCCCS2(=O)=O)cc1. The maximum absolute atomic E-state index is 12.7. The predicted molar refractivity (Wildman–Crippen MR) is 110 cm³/mol.